The molecule has 2 aliphatic carbocycles. The average molecular weight is 566 g/mol. The van der Waals surface area contributed by atoms with Crippen LogP contribution in [-0.2, 0) is 13.0 Å². The molecule has 0 amide bonds. The molecule has 2 heterocycles. The van der Waals surface area contributed by atoms with Crippen LogP contribution in [0.1, 0.15) is 73.7 Å². The van der Waals surface area contributed by atoms with Crippen molar-refractivity contribution >= 4 is 10.9 Å². The number of aliphatic hydroxyl groups is 1. The summed E-state index contributed by atoms with van der Waals surface area (Å²) in [6.07, 6.45) is 10.6. The molecule has 1 aromatic carbocycles. The summed E-state index contributed by atoms with van der Waals surface area (Å²) in [4.78, 5) is 3.10. The zero-order valence-corrected chi connectivity index (χ0v) is 24.2. The first-order valence-corrected chi connectivity index (χ1v) is 13.4. The SMILES string of the molecule is C[NH+](C)CC[NH2+]CC(O)C[NH+]1CCn2c3c(c4cc(C5CCCCC5)ccc42)CCCC31.O.[Cl-].[Cl-].[Cl-]. The van der Waals surface area contributed by atoms with Crippen LogP contribution < -0.4 is 52.3 Å². The highest BCUT2D eigenvalue weighted by Crippen LogP contribution is 2.40. The van der Waals surface area contributed by atoms with E-state index in [0.717, 1.165) is 45.2 Å². The number of rotatable bonds is 8. The van der Waals surface area contributed by atoms with Gasteiger partial charge in [-0.25, -0.2) is 0 Å². The first kappa shape index (κ1) is 33.5. The van der Waals surface area contributed by atoms with Gasteiger partial charge in [0.25, 0.3) is 0 Å². The van der Waals surface area contributed by atoms with Crippen LogP contribution >= 0.6 is 0 Å². The lowest BCUT2D eigenvalue weighted by molar-refractivity contribution is -0.941. The van der Waals surface area contributed by atoms with Gasteiger partial charge in [-0.05, 0) is 54.9 Å². The fraction of sp³-hybridized carbons (Fsp3) is 0.704. The minimum absolute atomic E-state index is 0. The maximum Gasteiger partial charge on any atom is 0.151 e. The first-order chi connectivity index (χ1) is 15.6. The molecule has 0 saturated heterocycles. The van der Waals surface area contributed by atoms with Crippen molar-refractivity contribution in [3.8, 4) is 0 Å². The second-order valence-corrected chi connectivity index (χ2v) is 11.1. The van der Waals surface area contributed by atoms with Crippen molar-refractivity contribution in [2.75, 3.05) is 46.8 Å². The number of hydrogen-bond donors (Lipinski definition) is 4. The molecule has 6 nitrogen and oxygen atoms in total. The molecule has 208 valence electrons. The Balaban J connectivity index is 0.00000162. The van der Waals surface area contributed by atoms with Gasteiger partial charge in [-0.2, -0.15) is 0 Å². The van der Waals surface area contributed by atoms with Gasteiger partial charge in [-0.1, -0.05) is 25.3 Å². The van der Waals surface area contributed by atoms with E-state index in [4.69, 9.17) is 0 Å². The Morgan fingerprint density at radius 3 is 2.56 bits per heavy atom. The van der Waals surface area contributed by atoms with Crippen LogP contribution in [-0.4, -0.2) is 68.1 Å². The number of aliphatic hydroxyl groups excluding tert-OH is 1. The van der Waals surface area contributed by atoms with Crippen molar-refractivity contribution in [2.24, 2.45) is 0 Å². The van der Waals surface area contributed by atoms with Crippen LogP contribution in [0.5, 0.6) is 0 Å². The van der Waals surface area contributed by atoms with Crippen molar-refractivity contribution < 1.29 is 62.9 Å². The molecule has 1 fully saturated rings. The molecule has 0 radical (unpaired) electrons. The number of nitrogens with one attached hydrogen (secondary N) is 2. The number of fused-ring (bicyclic) bond motifs is 3. The number of aryl methyl sites for hydroxylation is 1. The first-order valence-electron chi connectivity index (χ1n) is 13.4. The number of aromatic nitrogens is 1. The molecule has 0 spiro atoms. The minimum atomic E-state index is -0.207. The van der Waals surface area contributed by atoms with Gasteiger partial charge in [0.15, 0.2) is 6.10 Å². The third kappa shape index (κ3) is 7.09. The summed E-state index contributed by atoms with van der Waals surface area (Å²) < 4.78 is 2.65. The lowest BCUT2D eigenvalue weighted by atomic mass is 9.83. The van der Waals surface area contributed by atoms with E-state index in [0.29, 0.717) is 6.04 Å². The van der Waals surface area contributed by atoms with Crippen LogP contribution in [0, 0.1) is 0 Å². The Hall–Kier alpha value is -0.570. The molecule has 3 unspecified atom stereocenters. The molecule has 36 heavy (non-hydrogen) atoms. The zero-order chi connectivity index (χ0) is 22.1. The molecular formula is C27H47Cl3N4O2. The highest BCUT2D eigenvalue weighted by Gasteiger charge is 2.38. The molecule has 0 bridgehead atoms. The average Bonchev–Trinajstić information content (AvgIpc) is 3.13. The maximum absolute atomic E-state index is 10.8. The van der Waals surface area contributed by atoms with Crippen LogP contribution in [0.4, 0.5) is 0 Å². The smallest absolute Gasteiger partial charge is 0.151 e. The summed E-state index contributed by atoms with van der Waals surface area (Å²) in [7, 11) is 4.39. The Labute approximate surface area is 235 Å². The van der Waals surface area contributed by atoms with E-state index >= 15 is 0 Å². The predicted molar refractivity (Wildman–Crippen MR) is 133 cm³/mol. The van der Waals surface area contributed by atoms with Gasteiger partial charge in [-0.3, -0.25) is 0 Å². The highest BCUT2D eigenvalue weighted by molar-refractivity contribution is 5.87. The highest BCUT2D eigenvalue weighted by atomic mass is 35.5. The van der Waals surface area contributed by atoms with E-state index in [9.17, 15) is 5.11 Å². The predicted octanol–water partition coefficient (Wildman–Crippen LogP) is -9.78. The third-order valence-corrected chi connectivity index (χ3v) is 8.50. The Morgan fingerprint density at radius 2 is 1.83 bits per heavy atom. The number of nitrogens with two attached hydrogens (primary N) is 1. The lowest BCUT2D eigenvalue weighted by Gasteiger charge is -2.37. The van der Waals surface area contributed by atoms with Gasteiger partial charge in [-0.15, -0.1) is 0 Å². The molecule has 3 atom stereocenters. The van der Waals surface area contributed by atoms with Crippen LogP contribution in [0.25, 0.3) is 10.9 Å². The van der Waals surface area contributed by atoms with E-state index < -0.39 is 0 Å². The molecule has 3 aliphatic rings. The van der Waals surface area contributed by atoms with Gasteiger partial charge in [0.05, 0.1) is 32.9 Å². The summed E-state index contributed by atoms with van der Waals surface area (Å²) in [6.45, 7) is 6.22. The Bertz CT molecular complexity index is 933. The molecule has 7 N–H and O–H groups in total. The van der Waals surface area contributed by atoms with E-state index in [2.05, 4.69) is 42.2 Å². The monoisotopic (exact) mass is 564 g/mol. The van der Waals surface area contributed by atoms with Gasteiger partial charge in [0.1, 0.15) is 32.2 Å². The van der Waals surface area contributed by atoms with E-state index in [1.54, 1.807) is 27.1 Å². The molecule has 9 heteroatoms. The number of halogens is 3. The molecule has 1 aromatic heterocycles. The van der Waals surface area contributed by atoms with Gasteiger partial charge >= 0.3 is 0 Å². The van der Waals surface area contributed by atoms with Gasteiger partial charge < -0.3 is 67.5 Å². The van der Waals surface area contributed by atoms with Crippen molar-refractivity contribution in [3.63, 3.8) is 0 Å². The molecule has 1 aliphatic heterocycles. The van der Waals surface area contributed by atoms with E-state index in [-0.39, 0.29) is 48.8 Å². The minimum Gasteiger partial charge on any atom is -1.00 e. The van der Waals surface area contributed by atoms with Crippen LogP contribution in [0.3, 0.4) is 0 Å². The second-order valence-electron chi connectivity index (χ2n) is 11.1. The van der Waals surface area contributed by atoms with Crippen LogP contribution in [0.2, 0.25) is 0 Å². The van der Waals surface area contributed by atoms with Gasteiger partial charge in [0.2, 0.25) is 0 Å². The topological polar surface area (TPSA) is 82.2 Å². The quantitative estimate of drug-likeness (QED) is 0.236. The summed E-state index contributed by atoms with van der Waals surface area (Å²) in [6, 6.07) is 8.02. The maximum atomic E-state index is 10.8. The molecular weight excluding hydrogens is 519 g/mol. The fourth-order valence-corrected chi connectivity index (χ4v) is 6.83. The fourth-order valence-electron chi connectivity index (χ4n) is 6.83. The normalized spacial score (nSPS) is 22.0. The summed E-state index contributed by atoms with van der Waals surface area (Å²) >= 11 is 0. The van der Waals surface area contributed by atoms with Crippen molar-refractivity contribution in [2.45, 2.75) is 76.0 Å². The molecule has 2 aromatic rings. The lowest BCUT2D eigenvalue weighted by Crippen LogP contribution is -3.15. The summed E-state index contributed by atoms with van der Waals surface area (Å²) in [5.74, 6) is 0.777. The van der Waals surface area contributed by atoms with Crippen LogP contribution in [0.15, 0.2) is 18.2 Å². The second kappa shape index (κ2) is 15.1. The zero-order valence-electron chi connectivity index (χ0n) is 22.0. The number of nitrogens with zero attached hydrogens (tertiary/aromatic N) is 1. The standard InChI is InChI=1S/C27H42N4O.3ClH.H2O/c1-29(2)14-13-28-18-22(32)19-30-15-16-31-25-12-11-21(20-7-4-3-5-8-20)17-24(25)23-9-6-10-26(30)27(23)31;;;;/h11-12,17,20,22,26,28,32H,3-10,13-16,18-19H2,1-2H3;3*1H;1H2. The number of quaternary nitrogens is 3. The summed E-state index contributed by atoms with van der Waals surface area (Å²) in [5.41, 5.74) is 6.32. The Kier molecular flexibility index (Phi) is 14.1. The number of benzene rings is 1. The number of likely N-dealkylation sites (N-methyl/N-ethyl adjacent to an activating group) is 1. The third-order valence-electron chi connectivity index (χ3n) is 8.50. The largest absolute Gasteiger partial charge is 1.00 e. The summed E-state index contributed by atoms with van der Waals surface area (Å²) in [5, 5.41) is 14.6. The Morgan fingerprint density at radius 1 is 1.08 bits per heavy atom. The van der Waals surface area contributed by atoms with E-state index in [1.807, 2.05) is 0 Å². The molecule has 1 saturated carbocycles. The number of hydrogen-bond acceptors (Lipinski definition) is 1. The van der Waals surface area contributed by atoms with Crippen molar-refractivity contribution in [1.82, 2.24) is 4.57 Å². The van der Waals surface area contributed by atoms with Gasteiger partial charge in [0, 0.05) is 17.3 Å². The van der Waals surface area contributed by atoms with E-state index in [1.165, 1.54) is 61.8 Å². The molecule has 5 rings (SSSR count). The van der Waals surface area contributed by atoms with Crippen molar-refractivity contribution in [3.05, 3.63) is 35.0 Å². The van der Waals surface area contributed by atoms with Crippen molar-refractivity contribution in [1.29, 1.82) is 0 Å².